The topological polar surface area (TPSA) is 9.23 Å². The van der Waals surface area contributed by atoms with Gasteiger partial charge in [-0.25, -0.2) is 0 Å². The number of rotatable bonds is 5. The van der Waals surface area contributed by atoms with Crippen LogP contribution >= 0.6 is 22.6 Å². The van der Waals surface area contributed by atoms with Crippen LogP contribution in [0, 0.1) is 0 Å². The lowest BCUT2D eigenvalue weighted by atomic mass is 9.97. The van der Waals surface area contributed by atoms with Gasteiger partial charge in [-0.15, -0.1) is 0 Å². The summed E-state index contributed by atoms with van der Waals surface area (Å²) in [5, 5.41) is 0. The maximum atomic E-state index is 5.15. The summed E-state index contributed by atoms with van der Waals surface area (Å²) >= 11 is 2.45. The van der Waals surface area contributed by atoms with Crippen molar-refractivity contribution in [2.75, 3.05) is 11.5 Å². The minimum atomic E-state index is 0.618. The number of allylic oxidation sites excluding steroid dienone is 2. The zero-order chi connectivity index (χ0) is 11.1. The van der Waals surface area contributed by atoms with Gasteiger partial charge in [0.05, 0.1) is 7.11 Å². The molecule has 1 atom stereocenters. The highest BCUT2D eigenvalue weighted by Gasteiger charge is 2.07. The summed E-state index contributed by atoms with van der Waals surface area (Å²) in [7, 11) is 1.70. The van der Waals surface area contributed by atoms with Gasteiger partial charge in [-0.1, -0.05) is 46.9 Å². The van der Waals surface area contributed by atoms with Crippen LogP contribution < -0.4 is 4.74 Å². The highest BCUT2D eigenvalue weighted by atomic mass is 127. The number of alkyl halides is 1. The molecule has 1 unspecified atom stereocenters. The van der Waals surface area contributed by atoms with Crippen molar-refractivity contribution in [3.63, 3.8) is 0 Å². The van der Waals surface area contributed by atoms with E-state index in [1.54, 1.807) is 7.11 Å². The number of methoxy groups -OCH3 is 1. The molecule has 82 valence electrons. The Morgan fingerprint density at radius 1 is 1.33 bits per heavy atom. The first kappa shape index (κ1) is 12.6. The SMILES string of the molecule is C/C=C/CC(CI)c1ccc(OC)cc1. The molecule has 15 heavy (non-hydrogen) atoms. The summed E-state index contributed by atoms with van der Waals surface area (Å²) in [6.45, 7) is 2.07. The molecule has 0 N–H and O–H groups in total. The molecular formula is C13H17IO. The summed E-state index contributed by atoms with van der Waals surface area (Å²) in [4.78, 5) is 0. The molecule has 0 saturated heterocycles. The van der Waals surface area contributed by atoms with Gasteiger partial charge >= 0.3 is 0 Å². The van der Waals surface area contributed by atoms with E-state index in [-0.39, 0.29) is 0 Å². The van der Waals surface area contributed by atoms with Gasteiger partial charge < -0.3 is 4.74 Å². The summed E-state index contributed by atoms with van der Waals surface area (Å²) in [6.07, 6.45) is 5.46. The Labute approximate surface area is 106 Å². The largest absolute Gasteiger partial charge is 0.497 e. The van der Waals surface area contributed by atoms with Crippen molar-refractivity contribution in [1.29, 1.82) is 0 Å². The molecule has 0 aliphatic carbocycles. The van der Waals surface area contributed by atoms with Crippen molar-refractivity contribution in [2.45, 2.75) is 19.3 Å². The van der Waals surface area contributed by atoms with Crippen molar-refractivity contribution in [3.8, 4) is 5.75 Å². The zero-order valence-electron chi connectivity index (χ0n) is 9.24. The number of halogens is 1. The van der Waals surface area contributed by atoms with E-state index >= 15 is 0 Å². The Hall–Kier alpha value is -0.510. The minimum absolute atomic E-state index is 0.618. The lowest BCUT2D eigenvalue weighted by Crippen LogP contribution is -1.98. The fourth-order valence-electron chi connectivity index (χ4n) is 1.46. The number of hydrogen-bond donors (Lipinski definition) is 0. The average molecular weight is 316 g/mol. The highest BCUT2D eigenvalue weighted by Crippen LogP contribution is 2.24. The normalized spacial score (nSPS) is 13.0. The molecule has 0 aliphatic heterocycles. The van der Waals surface area contributed by atoms with E-state index in [1.807, 2.05) is 12.1 Å². The van der Waals surface area contributed by atoms with Gasteiger partial charge in [0.1, 0.15) is 5.75 Å². The summed E-state index contributed by atoms with van der Waals surface area (Å²) in [6, 6.07) is 8.38. The Morgan fingerprint density at radius 2 is 2.00 bits per heavy atom. The second kappa shape index (κ2) is 6.88. The number of hydrogen-bond acceptors (Lipinski definition) is 1. The average Bonchev–Trinajstić information content (AvgIpc) is 2.31. The zero-order valence-corrected chi connectivity index (χ0v) is 11.4. The Balaban J connectivity index is 2.73. The minimum Gasteiger partial charge on any atom is -0.497 e. The van der Waals surface area contributed by atoms with Crippen LogP contribution in [0.5, 0.6) is 5.75 Å². The van der Waals surface area contributed by atoms with E-state index in [4.69, 9.17) is 4.74 Å². The monoisotopic (exact) mass is 316 g/mol. The van der Waals surface area contributed by atoms with Crippen LogP contribution in [0.25, 0.3) is 0 Å². The third kappa shape index (κ3) is 3.86. The van der Waals surface area contributed by atoms with Crippen molar-refractivity contribution < 1.29 is 4.74 Å². The molecule has 1 aromatic rings. The predicted octanol–water partition coefficient (Wildman–Crippen LogP) is 4.18. The summed E-state index contributed by atoms with van der Waals surface area (Å²) in [5.74, 6) is 1.55. The fourth-order valence-corrected chi connectivity index (χ4v) is 2.33. The van der Waals surface area contributed by atoms with Gasteiger partial charge in [-0.2, -0.15) is 0 Å². The first-order valence-corrected chi connectivity index (χ1v) is 6.65. The van der Waals surface area contributed by atoms with Crippen LogP contribution in [0.15, 0.2) is 36.4 Å². The molecule has 0 radical (unpaired) electrons. The van der Waals surface area contributed by atoms with Gasteiger partial charge in [0, 0.05) is 4.43 Å². The first-order chi connectivity index (χ1) is 7.31. The summed E-state index contributed by atoms with van der Waals surface area (Å²) in [5.41, 5.74) is 1.39. The molecule has 0 aromatic heterocycles. The lowest BCUT2D eigenvalue weighted by molar-refractivity contribution is 0.414. The lowest BCUT2D eigenvalue weighted by Gasteiger charge is -2.12. The Morgan fingerprint density at radius 3 is 2.47 bits per heavy atom. The van der Waals surface area contributed by atoms with E-state index < -0.39 is 0 Å². The van der Waals surface area contributed by atoms with Gasteiger partial charge in [-0.3, -0.25) is 0 Å². The molecule has 2 heteroatoms. The van der Waals surface area contributed by atoms with E-state index in [9.17, 15) is 0 Å². The predicted molar refractivity (Wildman–Crippen MR) is 74.1 cm³/mol. The van der Waals surface area contributed by atoms with Gasteiger partial charge in [0.15, 0.2) is 0 Å². The molecule has 0 bridgehead atoms. The maximum Gasteiger partial charge on any atom is 0.118 e. The Bertz CT molecular complexity index is 303. The van der Waals surface area contributed by atoms with E-state index in [0.717, 1.165) is 16.6 Å². The van der Waals surface area contributed by atoms with Crippen LogP contribution in [-0.4, -0.2) is 11.5 Å². The molecule has 0 heterocycles. The Kier molecular flexibility index (Phi) is 5.76. The molecule has 1 aromatic carbocycles. The third-order valence-corrected chi connectivity index (χ3v) is 3.49. The second-order valence-corrected chi connectivity index (χ2v) is 4.31. The standard InChI is InChI=1S/C13H17IO/c1-3-4-5-12(10-14)11-6-8-13(15-2)9-7-11/h3-4,6-9,12H,5,10H2,1-2H3/b4-3+. The molecule has 0 fully saturated rings. The van der Waals surface area contributed by atoms with Gasteiger partial charge in [0.25, 0.3) is 0 Å². The molecule has 1 nitrogen and oxygen atoms in total. The fraction of sp³-hybridized carbons (Fsp3) is 0.385. The van der Waals surface area contributed by atoms with Crippen molar-refractivity contribution in [1.82, 2.24) is 0 Å². The number of ether oxygens (including phenoxy) is 1. The van der Waals surface area contributed by atoms with Crippen LogP contribution in [0.2, 0.25) is 0 Å². The van der Waals surface area contributed by atoms with Crippen LogP contribution in [0.4, 0.5) is 0 Å². The number of benzene rings is 1. The molecule has 0 aliphatic rings. The third-order valence-electron chi connectivity index (χ3n) is 2.43. The van der Waals surface area contributed by atoms with E-state index in [1.165, 1.54) is 5.56 Å². The molecule has 0 amide bonds. The van der Waals surface area contributed by atoms with E-state index in [0.29, 0.717) is 5.92 Å². The van der Waals surface area contributed by atoms with Crippen LogP contribution in [0.3, 0.4) is 0 Å². The quantitative estimate of drug-likeness (QED) is 0.450. The van der Waals surface area contributed by atoms with E-state index in [2.05, 4.69) is 53.8 Å². The smallest absolute Gasteiger partial charge is 0.118 e. The summed E-state index contributed by atoms with van der Waals surface area (Å²) < 4.78 is 6.30. The van der Waals surface area contributed by atoms with Crippen molar-refractivity contribution in [2.24, 2.45) is 0 Å². The van der Waals surface area contributed by atoms with Crippen LogP contribution in [-0.2, 0) is 0 Å². The maximum absolute atomic E-state index is 5.15. The first-order valence-electron chi connectivity index (χ1n) is 5.13. The highest BCUT2D eigenvalue weighted by molar-refractivity contribution is 14.1. The van der Waals surface area contributed by atoms with Crippen LogP contribution in [0.1, 0.15) is 24.8 Å². The molecule has 1 rings (SSSR count). The molecule has 0 spiro atoms. The van der Waals surface area contributed by atoms with Gasteiger partial charge in [0.2, 0.25) is 0 Å². The van der Waals surface area contributed by atoms with Crippen molar-refractivity contribution >= 4 is 22.6 Å². The van der Waals surface area contributed by atoms with Crippen molar-refractivity contribution in [3.05, 3.63) is 42.0 Å². The molecule has 0 saturated carbocycles. The van der Waals surface area contributed by atoms with Gasteiger partial charge in [-0.05, 0) is 37.0 Å². The molecular weight excluding hydrogens is 299 g/mol. The second-order valence-electron chi connectivity index (χ2n) is 3.43.